The zero-order chi connectivity index (χ0) is 25.8. The summed E-state index contributed by atoms with van der Waals surface area (Å²) in [6, 6.07) is 19.5. The molecule has 1 atom stereocenters. The van der Waals surface area contributed by atoms with Crippen molar-refractivity contribution in [3.8, 4) is 0 Å². The Morgan fingerprint density at radius 3 is 2.68 bits per heavy atom. The monoisotopic (exact) mass is 498 g/mol. The summed E-state index contributed by atoms with van der Waals surface area (Å²) in [5.74, 6) is 1.34. The molecular formula is C28H30N6O3. The number of methoxy groups -OCH3 is 1. The first kappa shape index (κ1) is 24.6. The van der Waals surface area contributed by atoms with Crippen LogP contribution in [0.5, 0.6) is 0 Å². The van der Waals surface area contributed by atoms with Crippen LogP contribution < -0.4 is 5.56 Å². The fraction of sp³-hybridized carbons (Fsp3) is 0.286. The van der Waals surface area contributed by atoms with Gasteiger partial charge in [0.1, 0.15) is 11.8 Å². The third-order valence-electron chi connectivity index (χ3n) is 6.46. The summed E-state index contributed by atoms with van der Waals surface area (Å²) < 4.78 is 12.7. The SMILES string of the molecule is COCCn1nnnc1C(c1cc2cc(C)cc(C)c2[nH]c1=O)N(Cc1ccccc1)Cc1ccco1. The van der Waals surface area contributed by atoms with Crippen LogP contribution in [0.2, 0.25) is 0 Å². The zero-order valence-corrected chi connectivity index (χ0v) is 21.2. The number of pyridine rings is 1. The van der Waals surface area contributed by atoms with Crippen LogP contribution in [-0.2, 0) is 24.4 Å². The van der Waals surface area contributed by atoms with E-state index in [1.54, 1.807) is 18.1 Å². The van der Waals surface area contributed by atoms with Gasteiger partial charge in [-0.3, -0.25) is 9.69 Å². The van der Waals surface area contributed by atoms with Crippen LogP contribution >= 0.6 is 0 Å². The van der Waals surface area contributed by atoms with Gasteiger partial charge in [-0.1, -0.05) is 42.0 Å². The Hall–Kier alpha value is -4.08. The second kappa shape index (κ2) is 10.9. The van der Waals surface area contributed by atoms with Gasteiger partial charge >= 0.3 is 0 Å². The van der Waals surface area contributed by atoms with Crippen LogP contribution in [0.25, 0.3) is 10.9 Å². The molecule has 0 saturated carbocycles. The molecule has 0 spiro atoms. The molecule has 9 nitrogen and oxygen atoms in total. The van der Waals surface area contributed by atoms with Crippen molar-refractivity contribution < 1.29 is 9.15 Å². The van der Waals surface area contributed by atoms with E-state index < -0.39 is 6.04 Å². The van der Waals surface area contributed by atoms with Crippen molar-refractivity contribution in [1.29, 1.82) is 0 Å². The van der Waals surface area contributed by atoms with E-state index >= 15 is 0 Å². The zero-order valence-electron chi connectivity index (χ0n) is 21.2. The quantitative estimate of drug-likeness (QED) is 0.308. The Bertz CT molecular complexity index is 1530. The van der Waals surface area contributed by atoms with Gasteiger partial charge in [0.05, 0.1) is 31.5 Å². The van der Waals surface area contributed by atoms with E-state index in [2.05, 4.69) is 56.6 Å². The summed E-state index contributed by atoms with van der Waals surface area (Å²) in [5, 5.41) is 13.6. The highest BCUT2D eigenvalue weighted by Gasteiger charge is 2.31. The molecule has 3 aromatic heterocycles. The van der Waals surface area contributed by atoms with Crippen molar-refractivity contribution in [2.45, 2.75) is 39.5 Å². The predicted molar refractivity (Wildman–Crippen MR) is 140 cm³/mol. The Labute approximate surface area is 214 Å². The Balaban J connectivity index is 1.70. The van der Waals surface area contributed by atoms with E-state index in [4.69, 9.17) is 9.15 Å². The molecule has 1 unspecified atom stereocenters. The Morgan fingerprint density at radius 1 is 1.08 bits per heavy atom. The van der Waals surface area contributed by atoms with E-state index in [-0.39, 0.29) is 5.56 Å². The number of H-pyrrole nitrogens is 1. The van der Waals surface area contributed by atoms with E-state index in [9.17, 15) is 4.79 Å². The molecule has 190 valence electrons. The van der Waals surface area contributed by atoms with Gasteiger partial charge in [-0.2, -0.15) is 0 Å². The molecule has 0 amide bonds. The number of nitrogens with zero attached hydrogens (tertiary/aromatic N) is 5. The van der Waals surface area contributed by atoms with Gasteiger partial charge in [0, 0.05) is 19.2 Å². The highest BCUT2D eigenvalue weighted by atomic mass is 16.5. The molecule has 0 fully saturated rings. The first-order valence-electron chi connectivity index (χ1n) is 12.2. The van der Waals surface area contributed by atoms with Crippen LogP contribution in [0.15, 0.2) is 76.1 Å². The third kappa shape index (κ3) is 5.37. The smallest absolute Gasteiger partial charge is 0.253 e. The lowest BCUT2D eigenvalue weighted by molar-refractivity contribution is 0.163. The lowest BCUT2D eigenvalue weighted by Crippen LogP contribution is -2.35. The molecule has 0 saturated heterocycles. The number of nitrogens with one attached hydrogen (secondary N) is 1. The highest BCUT2D eigenvalue weighted by molar-refractivity contribution is 5.83. The summed E-state index contributed by atoms with van der Waals surface area (Å²) >= 11 is 0. The second-order valence-corrected chi connectivity index (χ2v) is 9.23. The predicted octanol–water partition coefficient (Wildman–Crippen LogP) is 4.16. The number of aromatic nitrogens is 5. The third-order valence-corrected chi connectivity index (χ3v) is 6.46. The van der Waals surface area contributed by atoms with Crippen molar-refractivity contribution in [2.75, 3.05) is 13.7 Å². The van der Waals surface area contributed by atoms with Gasteiger partial charge in [-0.05, 0) is 65.1 Å². The van der Waals surface area contributed by atoms with Crippen molar-refractivity contribution in [1.82, 2.24) is 30.1 Å². The second-order valence-electron chi connectivity index (χ2n) is 9.23. The van der Waals surface area contributed by atoms with Crippen LogP contribution in [0.1, 0.15) is 39.9 Å². The van der Waals surface area contributed by atoms with Crippen molar-refractivity contribution >= 4 is 10.9 Å². The van der Waals surface area contributed by atoms with Gasteiger partial charge < -0.3 is 14.1 Å². The minimum atomic E-state index is -0.550. The van der Waals surface area contributed by atoms with Gasteiger partial charge in [-0.25, -0.2) is 4.68 Å². The minimum absolute atomic E-state index is 0.178. The summed E-state index contributed by atoms with van der Waals surface area (Å²) in [6.45, 7) is 5.96. The number of benzene rings is 2. The summed E-state index contributed by atoms with van der Waals surface area (Å²) in [6.07, 6.45) is 1.65. The number of fused-ring (bicyclic) bond motifs is 1. The molecule has 9 heteroatoms. The number of aromatic amines is 1. The number of rotatable bonds is 10. The minimum Gasteiger partial charge on any atom is -0.468 e. The molecule has 5 aromatic rings. The standard InChI is InChI=1S/C28H30N6O3/c1-19-14-20(2)25-22(15-19)16-24(28(35)29-25)26(27-30-31-32-34(27)11-13-36-3)33(18-23-10-7-12-37-23)17-21-8-5-4-6-9-21/h4-10,12,14-16,26H,11,13,17-18H2,1-3H3,(H,29,35). The molecular weight excluding hydrogens is 468 g/mol. The van der Waals surface area contributed by atoms with Crippen LogP contribution in [0, 0.1) is 13.8 Å². The van der Waals surface area contributed by atoms with E-state index in [0.717, 1.165) is 33.4 Å². The maximum atomic E-state index is 13.7. The number of hydrogen-bond donors (Lipinski definition) is 1. The number of hydrogen-bond acceptors (Lipinski definition) is 7. The molecule has 3 heterocycles. The normalized spacial score (nSPS) is 12.4. The lowest BCUT2D eigenvalue weighted by atomic mass is 10.00. The van der Waals surface area contributed by atoms with Gasteiger partial charge in [0.2, 0.25) is 0 Å². The van der Waals surface area contributed by atoms with Crippen LogP contribution in [0.4, 0.5) is 0 Å². The number of tetrazole rings is 1. The number of furan rings is 1. The Kier molecular flexibility index (Phi) is 7.25. The molecule has 0 aliphatic heterocycles. The van der Waals surface area contributed by atoms with Crippen LogP contribution in [-0.4, -0.2) is 43.8 Å². The van der Waals surface area contributed by atoms with E-state index in [1.165, 1.54) is 0 Å². The fourth-order valence-electron chi connectivity index (χ4n) is 4.81. The van der Waals surface area contributed by atoms with Crippen LogP contribution in [0.3, 0.4) is 0 Å². The Morgan fingerprint density at radius 2 is 1.92 bits per heavy atom. The first-order valence-corrected chi connectivity index (χ1v) is 12.2. The molecule has 0 aliphatic carbocycles. The number of ether oxygens (including phenoxy) is 1. The van der Waals surface area contributed by atoms with Crippen molar-refractivity contribution in [3.05, 3.63) is 111 Å². The van der Waals surface area contributed by atoms with E-state index in [1.807, 2.05) is 43.3 Å². The van der Waals surface area contributed by atoms with Gasteiger partial charge in [0.25, 0.3) is 5.56 Å². The summed E-state index contributed by atoms with van der Waals surface area (Å²) in [5.41, 5.74) is 4.46. The topological polar surface area (TPSA) is 102 Å². The van der Waals surface area contributed by atoms with Crippen molar-refractivity contribution in [3.63, 3.8) is 0 Å². The van der Waals surface area contributed by atoms with E-state index in [0.29, 0.717) is 37.6 Å². The first-order chi connectivity index (χ1) is 18.0. The molecule has 37 heavy (non-hydrogen) atoms. The summed E-state index contributed by atoms with van der Waals surface area (Å²) in [4.78, 5) is 19.0. The molecule has 0 radical (unpaired) electrons. The fourth-order valence-corrected chi connectivity index (χ4v) is 4.81. The highest BCUT2D eigenvalue weighted by Crippen LogP contribution is 2.31. The van der Waals surface area contributed by atoms with Crippen molar-refractivity contribution in [2.24, 2.45) is 0 Å². The molecule has 0 bridgehead atoms. The largest absolute Gasteiger partial charge is 0.468 e. The molecule has 5 rings (SSSR count). The lowest BCUT2D eigenvalue weighted by Gasteiger charge is -2.30. The van der Waals surface area contributed by atoms with Gasteiger partial charge in [0.15, 0.2) is 5.82 Å². The van der Waals surface area contributed by atoms with Gasteiger partial charge in [-0.15, -0.1) is 5.10 Å². The molecule has 1 N–H and O–H groups in total. The maximum Gasteiger partial charge on any atom is 0.253 e. The molecule has 0 aliphatic rings. The average molecular weight is 499 g/mol. The summed E-state index contributed by atoms with van der Waals surface area (Å²) in [7, 11) is 1.64. The average Bonchev–Trinajstić information content (AvgIpc) is 3.57. The maximum absolute atomic E-state index is 13.7. The number of aryl methyl sites for hydroxylation is 2. The molecule has 2 aromatic carbocycles.